The third-order valence-electron chi connectivity index (χ3n) is 2.42. The fourth-order valence-electron chi connectivity index (χ4n) is 1.51. The van der Waals surface area contributed by atoms with Crippen molar-refractivity contribution < 1.29 is 0 Å². The van der Waals surface area contributed by atoms with Crippen LogP contribution in [-0.4, -0.2) is 19.6 Å². The van der Waals surface area contributed by atoms with Gasteiger partial charge in [-0.3, -0.25) is 0 Å². The van der Waals surface area contributed by atoms with E-state index in [1.54, 1.807) is 6.07 Å². The Morgan fingerprint density at radius 1 is 1.25 bits per heavy atom. The van der Waals surface area contributed by atoms with Crippen molar-refractivity contribution in [3.8, 4) is 0 Å². The van der Waals surface area contributed by atoms with E-state index in [-0.39, 0.29) is 6.04 Å². The molecule has 4 heteroatoms. The molecule has 90 valence electrons. The molecular formula is C12H18Cl2N2. The number of rotatable bonds is 5. The second-order valence-electron chi connectivity index (χ2n) is 4.07. The van der Waals surface area contributed by atoms with E-state index in [0.29, 0.717) is 16.1 Å². The van der Waals surface area contributed by atoms with Gasteiger partial charge in [-0.05, 0) is 24.7 Å². The van der Waals surface area contributed by atoms with Gasteiger partial charge < -0.3 is 10.6 Å². The van der Waals surface area contributed by atoms with E-state index in [1.807, 2.05) is 19.2 Å². The average Bonchev–Trinajstić information content (AvgIpc) is 2.21. The number of hydrogen-bond donors (Lipinski definition) is 2. The molecule has 0 radical (unpaired) electrons. The molecule has 2 nitrogen and oxygen atoms in total. The Hall–Kier alpha value is -0.280. The number of likely N-dealkylation sites (N-methyl/N-ethyl adjacent to an activating group) is 1. The first-order valence-electron chi connectivity index (χ1n) is 5.40. The van der Waals surface area contributed by atoms with Gasteiger partial charge in [0.15, 0.2) is 0 Å². The van der Waals surface area contributed by atoms with Crippen molar-refractivity contribution >= 4 is 23.2 Å². The Balaban J connectivity index is 2.78. The second-order valence-corrected chi connectivity index (χ2v) is 4.91. The molecule has 0 saturated heterocycles. The van der Waals surface area contributed by atoms with E-state index in [2.05, 4.69) is 24.5 Å². The number of halogens is 2. The molecule has 16 heavy (non-hydrogen) atoms. The summed E-state index contributed by atoms with van der Waals surface area (Å²) in [5.74, 6) is 0. The fourth-order valence-corrected chi connectivity index (χ4v) is 2.05. The first-order chi connectivity index (χ1) is 7.54. The molecule has 1 rings (SSSR count). The maximum atomic E-state index is 6.17. The van der Waals surface area contributed by atoms with Crippen molar-refractivity contribution in [2.45, 2.75) is 25.9 Å². The molecular weight excluding hydrogens is 243 g/mol. The Labute approximate surface area is 107 Å². The topological polar surface area (TPSA) is 24.1 Å². The third-order valence-corrected chi connectivity index (χ3v) is 2.98. The summed E-state index contributed by atoms with van der Waals surface area (Å²) in [5, 5.41) is 8.00. The third kappa shape index (κ3) is 3.95. The van der Waals surface area contributed by atoms with Crippen LogP contribution in [0.4, 0.5) is 0 Å². The van der Waals surface area contributed by atoms with E-state index in [4.69, 9.17) is 23.2 Å². The summed E-state index contributed by atoms with van der Waals surface area (Å²) in [6.07, 6.45) is 0. The van der Waals surface area contributed by atoms with Gasteiger partial charge in [-0.2, -0.15) is 0 Å². The molecule has 0 fully saturated rings. The van der Waals surface area contributed by atoms with Gasteiger partial charge in [-0.1, -0.05) is 43.1 Å². The van der Waals surface area contributed by atoms with Gasteiger partial charge in [0, 0.05) is 28.7 Å². The van der Waals surface area contributed by atoms with E-state index in [1.165, 1.54) is 0 Å². The van der Waals surface area contributed by atoms with Crippen LogP contribution in [0, 0.1) is 0 Å². The Bertz CT molecular complexity index is 340. The Kier molecular flexibility index (Phi) is 5.56. The lowest BCUT2D eigenvalue weighted by Crippen LogP contribution is -2.33. The van der Waals surface area contributed by atoms with Crippen molar-refractivity contribution in [2.75, 3.05) is 13.6 Å². The standard InChI is InChI=1S/C12H18Cl2N2/c1-8(2)16-7-12(15-3)10-5-4-9(13)6-11(10)14/h4-6,8,12,15-16H,7H2,1-3H3. The molecule has 0 aliphatic heterocycles. The molecule has 1 aromatic carbocycles. The summed E-state index contributed by atoms with van der Waals surface area (Å²) in [4.78, 5) is 0. The monoisotopic (exact) mass is 260 g/mol. The van der Waals surface area contributed by atoms with Crippen LogP contribution in [0.25, 0.3) is 0 Å². The normalized spacial score (nSPS) is 13.1. The maximum Gasteiger partial charge on any atom is 0.0469 e. The molecule has 1 unspecified atom stereocenters. The van der Waals surface area contributed by atoms with Crippen molar-refractivity contribution in [1.29, 1.82) is 0 Å². The van der Waals surface area contributed by atoms with Crippen molar-refractivity contribution in [3.63, 3.8) is 0 Å². The van der Waals surface area contributed by atoms with E-state index >= 15 is 0 Å². The largest absolute Gasteiger partial charge is 0.313 e. The number of nitrogens with one attached hydrogen (secondary N) is 2. The lowest BCUT2D eigenvalue weighted by atomic mass is 10.1. The highest BCUT2D eigenvalue weighted by Gasteiger charge is 2.13. The Morgan fingerprint density at radius 3 is 2.44 bits per heavy atom. The molecule has 0 heterocycles. The zero-order valence-corrected chi connectivity index (χ0v) is 11.4. The average molecular weight is 261 g/mol. The minimum absolute atomic E-state index is 0.201. The molecule has 0 bridgehead atoms. The molecule has 1 aromatic rings. The summed E-state index contributed by atoms with van der Waals surface area (Å²) >= 11 is 12.0. The van der Waals surface area contributed by atoms with Crippen LogP contribution >= 0.6 is 23.2 Å². The van der Waals surface area contributed by atoms with Crippen molar-refractivity contribution in [1.82, 2.24) is 10.6 Å². The predicted octanol–water partition coefficient (Wildman–Crippen LogP) is 3.25. The van der Waals surface area contributed by atoms with Gasteiger partial charge in [0.1, 0.15) is 0 Å². The smallest absolute Gasteiger partial charge is 0.0469 e. The first kappa shape index (κ1) is 13.8. The van der Waals surface area contributed by atoms with Crippen LogP contribution in [0.3, 0.4) is 0 Å². The molecule has 2 N–H and O–H groups in total. The fraction of sp³-hybridized carbons (Fsp3) is 0.500. The van der Waals surface area contributed by atoms with Gasteiger partial charge in [-0.15, -0.1) is 0 Å². The highest BCUT2D eigenvalue weighted by atomic mass is 35.5. The van der Waals surface area contributed by atoms with Crippen LogP contribution in [0.2, 0.25) is 10.0 Å². The number of benzene rings is 1. The van der Waals surface area contributed by atoms with Crippen LogP contribution in [0.15, 0.2) is 18.2 Å². The van der Waals surface area contributed by atoms with Crippen molar-refractivity contribution in [2.24, 2.45) is 0 Å². The van der Waals surface area contributed by atoms with E-state index in [0.717, 1.165) is 12.1 Å². The summed E-state index contributed by atoms with van der Waals surface area (Å²) in [6, 6.07) is 6.27. The molecule has 0 aliphatic carbocycles. The zero-order chi connectivity index (χ0) is 12.1. The lowest BCUT2D eigenvalue weighted by molar-refractivity contribution is 0.491. The van der Waals surface area contributed by atoms with Crippen LogP contribution in [-0.2, 0) is 0 Å². The lowest BCUT2D eigenvalue weighted by Gasteiger charge is -2.20. The SMILES string of the molecule is CNC(CNC(C)C)c1ccc(Cl)cc1Cl. The van der Waals surface area contributed by atoms with Gasteiger partial charge in [0.2, 0.25) is 0 Å². The van der Waals surface area contributed by atoms with Crippen LogP contribution in [0.5, 0.6) is 0 Å². The van der Waals surface area contributed by atoms with Gasteiger partial charge in [0.25, 0.3) is 0 Å². The van der Waals surface area contributed by atoms with Crippen LogP contribution in [0.1, 0.15) is 25.5 Å². The van der Waals surface area contributed by atoms with Gasteiger partial charge in [0.05, 0.1) is 0 Å². The highest BCUT2D eigenvalue weighted by molar-refractivity contribution is 6.35. The van der Waals surface area contributed by atoms with Gasteiger partial charge in [-0.25, -0.2) is 0 Å². The summed E-state index contributed by atoms with van der Waals surface area (Å²) in [5.41, 5.74) is 1.07. The second kappa shape index (κ2) is 6.45. The minimum atomic E-state index is 0.201. The molecule has 0 saturated carbocycles. The van der Waals surface area contributed by atoms with Gasteiger partial charge >= 0.3 is 0 Å². The predicted molar refractivity (Wildman–Crippen MR) is 71.4 cm³/mol. The first-order valence-corrected chi connectivity index (χ1v) is 6.15. The summed E-state index contributed by atoms with van der Waals surface area (Å²) in [6.45, 7) is 5.09. The Morgan fingerprint density at radius 2 is 1.94 bits per heavy atom. The summed E-state index contributed by atoms with van der Waals surface area (Å²) < 4.78 is 0. The summed E-state index contributed by atoms with van der Waals surface area (Å²) in [7, 11) is 1.93. The number of hydrogen-bond acceptors (Lipinski definition) is 2. The molecule has 1 atom stereocenters. The van der Waals surface area contributed by atoms with Crippen molar-refractivity contribution in [3.05, 3.63) is 33.8 Å². The van der Waals surface area contributed by atoms with Crippen LogP contribution < -0.4 is 10.6 Å². The zero-order valence-electron chi connectivity index (χ0n) is 9.85. The quantitative estimate of drug-likeness (QED) is 0.850. The molecule has 0 aliphatic rings. The molecule has 0 spiro atoms. The molecule has 0 amide bonds. The molecule has 0 aromatic heterocycles. The van der Waals surface area contributed by atoms with E-state index < -0.39 is 0 Å². The van der Waals surface area contributed by atoms with E-state index in [9.17, 15) is 0 Å². The minimum Gasteiger partial charge on any atom is -0.313 e. The maximum absolute atomic E-state index is 6.17. The highest BCUT2D eigenvalue weighted by Crippen LogP contribution is 2.25.